The van der Waals surface area contributed by atoms with Crippen molar-refractivity contribution < 1.29 is 18.3 Å². The summed E-state index contributed by atoms with van der Waals surface area (Å²) in [5.74, 6) is -1.69. The van der Waals surface area contributed by atoms with Crippen LogP contribution in [0.3, 0.4) is 0 Å². The third-order valence-corrected chi connectivity index (χ3v) is 3.88. The summed E-state index contributed by atoms with van der Waals surface area (Å²) in [5.41, 5.74) is 1.02. The number of hydrogen-bond donors (Lipinski definition) is 0. The van der Waals surface area contributed by atoms with E-state index in [1.54, 1.807) is 0 Å². The Morgan fingerprint density at radius 3 is 2.72 bits per heavy atom. The molecule has 0 saturated carbocycles. The van der Waals surface area contributed by atoms with E-state index in [0.29, 0.717) is 21.1 Å². The lowest BCUT2D eigenvalue weighted by Gasteiger charge is -2.22. The highest BCUT2D eigenvalue weighted by Gasteiger charge is 2.26. The Kier molecular flexibility index (Phi) is 2.90. The summed E-state index contributed by atoms with van der Waals surface area (Å²) in [6.45, 7) is -0.154. The summed E-state index contributed by atoms with van der Waals surface area (Å²) in [6, 6.07) is 1.03. The van der Waals surface area contributed by atoms with Gasteiger partial charge in [0.15, 0.2) is 11.6 Å². The van der Waals surface area contributed by atoms with E-state index in [9.17, 15) is 8.78 Å². The standard InChI is InChI=1S/C11H5Br2F2NO2/c12-2-4-9-7-6(16-11(4)13)1-5(14)8(15)10(7)18-3-17-9/h1H,2-3H2. The molecule has 94 valence electrons. The van der Waals surface area contributed by atoms with Crippen LogP contribution in [0.15, 0.2) is 10.7 Å². The van der Waals surface area contributed by atoms with Crippen molar-refractivity contribution in [1.29, 1.82) is 0 Å². The zero-order valence-electron chi connectivity index (χ0n) is 8.77. The second-order valence-corrected chi connectivity index (χ2v) is 4.96. The van der Waals surface area contributed by atoms with Gasteiger partial charge in [-0.1, -0.05) is 15.9 Å². The quantitative estimate of drug-likeness (QED) is 0.555. The molecule has 0 bridgehead atoms. The second kappa shape index (κ2) is 4.31. The van der Waals surface area contributed by atoms with Crippen LogP contribution in [0.1, 0.15) is 5.56 Å². The monoisotopic (exact) mass is 379 g/mol. The summed E-state index contributed by atoms with van der Waals surface area (Å²) >= 11 is 6.59. The van der Waals surface area contributed by atoms with E-state index in [2.05, 4.69) is 36.8 Å². The molecule has 7 heteroatoms. The molecule has 0 spiro atoms. The van der Waals surface area contributed by atoms with Gasteiger partial charge in [-0.3, -0.25) is 0 Å². The number of hydrogen-bond acceptors (Lipinski definition) is 3. The fourth-order valence-electron chi connectivity index (χ4n) is 1.87. The van der Waals surface area contributed by atoms with Gasteiger partial charge in [-0.15, -0.1) is 0 Å². The number of pyridine rings is 1. The molecule has 0 aliphatic carbocycles. The Hall–Kier alpha value is -0.950. The lowest BCUT2D eigenvalue weighted by molar-refractivity contribution is 0.106. The molecule has 0 radical (unpaired) electrons. The number of ether oxygens (including phenoxy) is 2. The van der Waals surface area contributed by atoms with E-state index in [1.165, 1.54) is 0 Å². The van der Waals surface area contributed by atoms with E-state index in [4.69, 9.17) is 9.47 Å². The van der Waals surface area contributed by atoms with Crippen LogP contribution in [0.5, 0.6) is 11.5 Å². The third-order valence-electron chi connectivity index (χ3n) is 2.66. The maximum atomic E-state index is 13.7. The molecule has 2 heterocycles. The van der Waals surface area contributed by atoms with Crippen LogP contribution in [0.2, 0.25) is 0 Å². The minimum absolute atomic E-state index is 0.145. The van der Waals surface area contributed by atoms with Crippen molar-refractivity contribution in [2.24, 2.45) is 0 Å². The summed E-state index contributed by atoms with van der Waals surface area (Å²) in [6.07, 6.45) is 0. The predicted molar refractivity (Wildman–Crippen MR) is 68.1 cm³/mol. The number of aromatic nitrogens is 1. The van der Waals surface area contributed by atoms with Gasteiger partial charge in [0, 0.05) is 17.0 Å². The van der Waals surface area contributed by atoms with E-state index in [1.807, 2.05) is 0 Å². The molecule has 0 amide bonds. The van der Waals surface area contributed by atoms with Gasteiger partial charge in [0.25, 0.3) is 0 Å². The van der Waals surface area contributed by atoms with Gasteiger partial charge < -0.3 is 9.47 Å². The molecule has 0 N–H and O–H groups in total. The van der Waals surface area contributed by atoms with Crippen molar-refractivity contribution in [3.63, 3.8) is 0 Å². The SMILES string of the molecule is Fc1cc2nc(Br)c(CBr)c3c2c(c1F)OCO3. The first-order chi connectivity index (χ1) is 8.63. The van der Waals surface area contributed by atoms with Crippen molar-refractivity contribution >= 4 is 42.8 Å². The minimum atomic E-state index is -1.02. The van der Waals surface area contributed by atoms with Gasteiger partial charge in [-0.05, 0) is 15.9 Å². The number of rotatable bonds is 1. The second-order valence-electron chi connectivity index (χ2n) is 3.65. The molecule has 0 fully saturated rings. The molecule has 2 aromatic rings. The van der Waals surface area contributed by atoms with Gasteiger partial charge in [0.05, 0.1) is 10.9 Å². The van der Waals surface area contributed by atoms with Gasteiger partial charge in [0.1, 0.15) is 10.4 Å². The van der Waals surface area contributed by atoms with Crippen LogP contribution >= 0.6 is 31.9 Å². The molecular weight excluding hydrogens is 376 g/mol. The molecule has 18 heavy (non-hydrogen) atoms. The molecular formula is C11H5Br2F2NO2. The molecule has 0 unspecified atom stereocenters. The van der Waals surface area contributed by atoms with Gasteiger partial charge >= 0.3 is 0 Å². The predicted octanol–water partition coefficient (Wildman–Crippen LogP) is 3.90. The Balaban J connectivity index is 2.50. The average Bonchev–Trinajstić information content (AvgIpc) is 2.36. The first-order valence-corrected chi connectivity index (χ1v) is 6.86. The van der Waals surface area contributed by atoms with Crippen molar-refractivity contribution in [1.82, 2.24) is 4.98 Å². The molecule has 1 aromatic carbocycles. The number of alkyl halides is 1. The first kappa shape index (κ1) is 12.1. The molecule has 1 aromatic heterocycles. The lowest BCUT2D eigenvalue weighted by atomic mass is 10.1. The summed E-state index contributed by atoms with van der Waals surface area (Å²) in [5, 5.41) is 0.836. The van der Waals surface area contributed by atoms with E-state index < -0.39 is 11.6 Å². The van der Waals surface area contributed by atoms with Crippen molar-refractivity contribution in [3.05, 3.63) is 27.9 Å². The van der Waals surface area contributed by atoms with Crippen LogP contribution < -0.4 is 9.47 Å². The van der Waals surface area contributed by atoms with Crippen molar-refractivity contribution in [3.8, 4) is 11.5 Å². The fourth-order valence-corrected chi connectivity index (χ4v) is 3.28. The zero-order chi connectivity index (χ0) is 12.9. The van der Waals surface area contributed by atoms with Crippen LogP contribution in [0.4, 0.5) is 8.78 Å². The summed E-state index contributed by atoms with van der Waals surface area (Å²) in [7, 11) is 0. The topological polar surface area (TPSA) is 31.4 Å². The Labute approximate surface area is 117 Å². The normalized spacial score (nSPS) is 13.3. The smallest absolute Gasteiger partial charge is 0.231 e. The average molecular weight is 381 g/mol. The fraction of sp³-hybridized carbons (Fsp3) is 0.182. The summed E-state index contributed by atoms with van der Waals surface area (Å²) in [4.78, 5) is 4.17. The molecule has 0 atom stereocenters. The maximum absolute atomic E-state index is 13.7. The molecule has 3 rings (SSSR count). The van der Waals surface area contributed by atoms with Crippen molar-refractivity contribution in [2.45, 2.75) is 5.33 Å². The van der Waals surface area contributed by atoms with Crippen LogP contribution in [0, 0.1) is 11.6 Å². The van der Waals surface area contributed by atoms with Crippen LogP contribution in [0.25, 0.3) is 10.9 Å². The van der Waals surface area contributed by atoms with E-state index >= 15 is 0 Å². The molecule has 0 saturated heterocycles. The highest BCUT2D eigenvalue weighted by molar-refractivity contribution is 9.10. The Morgan fingerprint density at radius 2 is 2.00 bits per heavy atom. The lowest BCUT2D eigenvalue weighted by Crippen LogP contribution is -2.15. The minimum Gasteiger partial charge on any atom is -0.456 e. The van der Waals surface area contributed by atoms with Gasteiger partial charge in [0.2, 0.25) is 12.6 Å². The Bertz CT molecular complexity index is 664. The number of halogens is 4. The number of nitrogens with zero attached hydrogens (tertiary/aromatic N) is 1. The van der Waals surface area contributed by atoms with Gasteiger partial charge in [-0.25, -0.2) is 9.37 Å². The molecule has 1 aliphatic rings. The molecule has 3 nitrogen and oxygen atoms in total. The van der Waals surface area contributed by atoms with Crippen LogP contribution in [-0.2, 0) is 5.33 Å². The highest BCUT2D eigenvalue weighted by atomic mass is 79.9. The van der Waals surface area contributed by atoms with Crippen molar-refractivity contribution in [2.75, 3.05) is 6.79 Å². The van der Waals surface area contributed by atoms with E-state index in [-0.39, 0.29) is 18.1 Å². The number of benzene rings is 1. The zero-order valence-corrected chi connectivity index (χ0v) is 11.9. The first-order valence-electron chi connectivity index (χ1n) is 4.95. The van der Waals surface area contributed by atoms with Crippen LogP contribution in [-0.4, -0.2) is 11.8 Å². The third kappa shape index (κ3) is 1.60. The maximum Gasteiger partial charge on any atom is 0.231 e. The Morgan fingerprint density at radius 1 is 1.28 bits per heavy atom. The molecule has 1 aliphatic heterocycles. The highest BCUT2D eigenvalue weighted by Crippen LogP contribution is 2.43. The largest absolute Gasteiger partial charge is 0.456 e. The van der Waals surface area contributed by atoms with Gasteiger partial charge in [-0.2, -0.15) is 4.39 Å². The van der Waals surface area contributed by atoms with E-state index in [0.717, 1.165) is 11.6 Å². The summed E-state index contributed by atoms with van der Waals surface area (Å²) < 4.78 is 38.0.